The molecule has 1 aromatic heterocycles. The van der Waals surface area contributed by atoms with E-state index in [0.29, 0.717) is 37.3 Å². The largest absolute Gasteiger partial charge is 0.490 e. The van der Waals surface area contributed by atoms with Crippen LogP contribution in [0.3, 0.4) is 0 Å². The number of ether oxygens (including phenoxy) is 1. The lowest BCUT2D eigenvalue weighted by Gasteiger charge is -2.29. The summed E-state index contributed by atoms with van der Waals surface area (Å²) in [5.41, 5.74) is 6.06. The molecule has 3 N–H and O–H groups in total. The van der Waals surface area contributed by atoms with Crippen molar-refractivity contribution >= 4 is 29.3 Å². The van der Waals surface area contributed by atoms with E-state index >= 15 is 0 Å². The summed E-state index contributed by atoms with van der Waals surface area (Å²) in [6.45, 7) is 8.77. The van der Waals surface area contributed by atoms with Crippen molar-refractivity contribution in [1.29, 1.82) is 0 Å². The van der Waals surface area contributed by atoms with Gasteiger partial charge in [0.05, 0.1) is 18.1 Å². The van der Waals surface area contributed by atoms with Crippen LogP contribution in [0.25, 0.3) is 11.0 Å². The fraction of sp³-hybridized carbons (Fsp3) is 0.526. The lowest BCUT2D eigenvalue weighted by atomic mass is 9.81. The van der Waals surface area contributed by atoms with Crippen molar-refractivity contribution in [2.24, 2.45) is 11.1 Å². The summed E-state index contributed by atoms with van der Waals surface area (Å²) in [6, 6.07) is 7.51. The number of halogens is 1. The number of amides is 1. The number of para-hydroxylation sites is 1. The first-order chi connectivity index (χ1) is 11.5. The van der Waals surface area contributed by atoms with E-state index in [4.69, 9.17) is 14.9 Å². The van der Waals surface area contributed by atoms with Gasteiger partial charge in [0.2, 0.25) is 5.91 Å². The molecule has 140 valence electrons. The van der Waals surface area contributed by atoms with Crippen LogP contribution in [0.1, 0.15) is 52.3 Å². The Morgan fingerprint density at radius 3 is 2.56 bits per heavy atom. The second kappa shape index (κ2) is 9.11. The van der Waals surface area contributed by atoms with Crippen LogP contribution in [0.15, 0.2) is 28.7 Å². The van der Waals surface area contributed by atoms with Crippen LogP contribution >= 0.6 is 12.4 Å². The van der Waals surface area contributed by atoms with Crippen LogP contribution < -0.4 is 15.8 Å². The molecule has 1 atom stereocenters. The van der Waals surface area contributed by atoms with Crippen molar-refractivity contribution in [1.82, 2.24) is 5.32 Å². The first kappa shape index (κ1) is 21.3. The van der Waals surface area contributed by atoms with E-state index in [9.17, 15) is 4.79 Å². The molecule has 0 fully saturated rings. The molecule has 0 saturated heterocycles. The molecule has 0 aliphatic heterocycles. The Hall–Kier alpha value is -1.72. The van der Waals surface area contributed by atoms with Crippen molar-refractivity contribution < 1.29 is 13.9 Å². The molecule has 0 saturated carbocycles. The third-order valence-corrected chi connectivity index (χ3v) is 4.83. The monoisotopic (exact) mass is 368 g/mol. The zero-order chi connectivity index (χ0) is 17.7. The zero-order valence-corrected chi connectivity index (χ0v) is 16.2. The average molecular weight is 369 g/mol. The summed E-state index contributed by atoms with van der Waals surface area (Å²) < 4.78 is 11.6. The van der Waals surface area contributed by atoms with Crippen LogP contribution in [0.2, 0.25) is 0 Å². The molecular formula is C19H29ClN2O3. The molecule has 1 unspecified atom stereocenters. The van der Waals surface area contributed by atoms with Gasteiger partial charge in [-0.15, -0.1) is 12.4 Å². The second-order valence-electron chi connectivity index (χ2n) is 6.14. The molecule has 2 aromatic rings. The molecular weight excluding hydrogens is 340 g/mol. The highest BCUT2D eigenvalue weighted by molar-refractivity contribution is 5.86. The Bertz CT molecular complexity index is 687. The number of fused-ring (bicyclic) bond motifs is 1. The standard InChI is InChI=1S/C19H28N2O3.ClH/c1-5-19(6-2,12-20)18(22)21-13(4)16-11-14-9-8-10-15(23-7-3)17(14)24-16;/h8-11,13H,5-7,12,20H2,1-4H3,(H,21,22);1H. The number of hydrogen-bond donors (Lipinski definition) is 2. The van der Waals surface area contributed by atoms with Gasteiger partial charge in [-0.3, -0.25) is 4.79 Å². The third kappa shape index (κ3) is 4.28. The Kier molecular flexibility index (Phi) is 7.77. The number of furan rings is 1. The molecule has 25 heavy (non-hydrogen) atoms. The van der Waals surface area contributed by atoms with Gasteiger partial charge >= 0.3 is 0 Å². The van der Waals surface area contributed by atoms with E-state index in [1.54, 1.807) is 0 Å². The van der Waals surface area contributed by atoms with Gasteiger partial charge in [0.15, 0.2) is 11.3 Å². The summed E-state index contributed by atoms with van der Waals surface area (Å²) in [5.74, 6) is 1.41. The van der Waals surface area contributed by atoms with Crippen LogP contribution in [0.5, 0.6) is 5.75 Å². The minimum absolute atomic E-state index is 0. The van der Waals surface area contributed by atoms with Gasteiger partial charge in [0, 0.05) is 11.9 Å². The van der Waals surface area contributed by atoms with E-state index in [2.05, 4.69) is 5.32 Å². The number of benzene rings is 1. The first-order valence-electron chi connectivity index (χ1n) is 8.67. The number of hydrogen-bond acceptors (Lipinski definition) is 4. The Balaban J connectivity index is 0.00000312. The van der Waals surface area contributed by atoms with Gasteiger partial charge in [-0.25, -0.2) is 0 Å². The van der Waals surface area contributed by atoms with E-state index in [1.807, 2.05) is 52.0 Å². The van der Waals surface area contributed by atoms with E-state index in [1.165, 1.54) is 0 Å². The van der Waals surface area contributed by atoms with Gasteiger partial charge in [0.25, 0.3) is 0 Å². The van der Waals surface area contributed by atoms with Crippen molar-refractivity contribution in [2.45, 2.75) is 46.6 Å². The smallest absolute Gasteiger partial charge is 0.228 e. The molecule has 0 spiro atoms. The number of carbonyl (C=O) groups is 1. The minimum atomic E-state index is -0.517. The highest BCUT2D eigenvalue weighted by atomic mass is 35.5. The quantitative estimate of drug-likeness (QED) is 0.732. The maximum Gasteiger partial charge on any atom is 0.228 e. The SMILES string of the molecule is CCOc1cccc2cc(C(C)NC(=O)C(CC)(CC)CN)oc12.Cl. The lowest BCUT2D eigenvalue weighted by Crippen LogP contribution is -2.45. The number of carbonyl (C=O) groups excluding carboxylic acids is 1. The number of nitrogens with two attached hydrogens (primary N) is 1. The normalized spacial score (nSPS) is 12.5. The molecule has 6 heteroatoms. The topological polar surface area (TPSA) is 77.5 Å². The predicted molar refractivity (Wildman–Crippen MR) is 103 cm³/mol. The molecule has 1 heterocycles. The van der Waals surface area contributed by atoms with Crippen LogP contribution in [-0.2, 0) is 4.79 Å². The highest BCUT2D eigenvalue weighted by Gasteiger charge is 2.34. The second-order valence-corrected chi connectivity index (χ2v) is 6.14. The average Bonchev–Trinajstić information content (AvgIpc) is 3.03. The zero-order valence-electron chi connectivity index (χ0n) is 15.4. The maximum absolute atomic E-state index is 12.7. The Labute approximate surface area is 155 Å². The van der Waals surface area contributed by atoms with Gasteiger partial charge in [-0.05, 0) is 38.8 Å². The highest BCUT2D eigenvalue weighted by Crippen LogP contribution is 2.32. The summed E-state index contributed by atoms with van der Waals surface area (Å²) >= 11 is 0. The Morgan fingerprint density at radius 1 is 1.32 bits per heavy atom. The van der Waals surface area contributed by atoms with Gasteiger partial charge < -0.3 is 20.2 Å². The summed E-state index contributed by atoms with van der Waals surface area (Å²) in [7, 11) is 0. The van der Waals surface area contributed by atoms with Crippen molar-refractivity contribution in [3.05, 3.63) is 30.0 Å². The molecule has 1 amide bonds. The van der Waals surface area contributed by atoms with Crippen molar-refractivity contribution in [3.8, 4) is 5.75 Å². The summed E-state index contributed by atoms with van der Waals surface area (Å²) in [4.78, 5) is 12.7. The van der Waals surface area contributed by atoms with Gasteiger partial charge in [-0.2, -0.15) is 0 Å². The fourth-order valence-electron chi connectivity index (χ4n) is 2.91. The molecule has 1 aromatic carbocycles. The maximum atomic E-state index is 12.7. The van der Waals surface area contributed by atoms with Crippen LogP contribution in [0.4, 0.5) is 0 Å². The van der Waals surface area contributed by atoms with E-state index in [0.717, 1.165) is 11.1 Å². The van der Waals surface area contributed by atoms with E-state index in [-0.39, 0.29) is 24.4 Å². The first-order valence-corrected chi connectivity index (χ1v) is 8.67. The summed E-state index contributed by atoms with van der Waals surface area (Å²) in [6.07, 6.45) is 1.43. The molecule has 5 nitrogen and oxygen atoms in total. The molecule has 2 rings (SSSR count). The fourth-order valence-corrected chi connectivity index (χ4v) is 2.91. The third-order valence-electron chi connectivity index (χ3n) is 4.83. The minimum Gasteiger partial charge on any atom is -0.490 e. The Morgan fingerprint density at radius 2 is 2.00 bits per heavy atom. The number of rotatable bonds is 8. The van der Waals surface area contributed by atoms with Crippen molar-refractivity contribution in [2.75, 3.05) is 13.2 Å². The lowest BCUT2D eigenvalue weighted by molar-refractivity contribution is -0.131. The number of nitrogens with one attached hydrogen (secondary N) is 1. The van der Waals surface area contributed by atoms with Crippen LogP contribution in [-0.4, -0.2) is 19.1 Å². The van der Waals surface area contributed by atoms with Gasteiger partial charge in [0.1, 0.15) is 5.76 Å². The molecule has 0 bridgehead atoms. The van der Waals surface area contributed by atoms with E-state index < -0.39 is 5.41 Å². The van der Waals surface area contributed by atoms with Crippen molar-refractivity contribution in [3.63, 3.8) is 0 Å². The van der Waals surface area contributed by atoms with Crippen LogP contribution in [0, 0.1) is 5.41 Å². The molecule has 0 aliphatic carbocycles. The molecule has 0 aliphatic rings. The summed E-state index contributed by atoms with van der Waals surface area (Å²) in [5, 5.41) is 4.01. The van der Waals surface area contributed by atoms with Gasteiger partial charge in [-0.1, -0.05) is 26.0 Å². The molecule has 0 radical (unpaired) electrons. The predicted octanol–water partition coefficient (Wildman–Crippen LogP) is 4.20.